The smallest absolute Gasteiger partial charge is 0.149 e. The molecular weight excluding hydrogens is 272 g/mol. The van der Waals surface area contributed by atoms with E-state index in [-0.39, 0.29) is 24.9 Å². The van der Waals surface area contributed by atoms with Crippen LogP contribution in [0.1, 0.15) is 12.5 Å². The molecule has 21 heavy (non-hydrogen) atoms. The third-order valence-corrected chi connectivity index (χ3v) is 4.37. The van der Waals surface area contributed by atoms with Crippen LogP contribution in [-0.4, -0.2) is 55.4 Å². The molecule has 1 N–H and O–H groups in total. The van der Waals surface area contributed by atoms with Gasteiger partial charge in [0.25, 0.3) is 0 Å². The number of hydrogen-bond donors (Lipinski definition) is 1. The number of fused-ring (bicyclic) bond motifs is 2. The Morgan fingerprint density at radius 3 is 2.71 bits per heavy atom. The number of aliphatic hydroxyl groups excluding tert-OH is 1. The summed E-state index contributed by atoms with van der Waals surface area (Å²) in [6, 6.07) is 9.97. The maximum absolute atomic E-state index is 9.55. The van der Waals surface area contributed by atoms with Crippen LogP contribution in [0.25, 0.3) is 0 Å². The fourth-order valence-corrected chi connectivity index (χ4v) is 3.39. The first kappa shape index (κ1) is 14.9. The molecule has 2 aliphatic heterocycles. The van der Waals surface area contributed by atoms with Gasteiger partial charge in [-0.15, -0.1) is 0 Å². The van der Waals surface area contributed by atoms with Gasteiger partial charge in [0.1, 0.15) is 23.9 Å². The van der Waals surface area contributed by atoms with E-state index >= 15 is 0 Å². The second-order valence-electron chi connectivity index (χ2n) is 5.68. The van der Waals surface area contributed by atoms with Crippen LogP contribution >= 0.6 is 0 Å². The van der Waals surface area contributed by atoms with Crippen molar-refractivity contribution < 1.29 is 24.1 Å². The summed E-state index contributed by atoms with van der Waals surface area (Å²) in [5, 5.41) is 9.55. The highest BCUT2D eigenvalue weighted by molar-refractivity contribution is 5.15. The van der Waals surface area contributed by atoms with Crippen molar-refractivity contribution in [1.29, 1.82) is 0 Å². The molecule has 2 fully saturated rings. The van der Waals surface area contributed by atoms with E-state index in [9.17, 15) is 5.11 Å². The molecule has 2 saturated heterocycles. The van der Waals surface area contributed by atoms with Crippen LogP contribution in [0.15, 0.2) is 30.3 Å². The minimum Gasteiger partial charge on any atom is -0.394 e. The highest BCUT2D eigenvalue weighted by Crippen LogP contribution is 2.45. The summed E-state index contributed by atoms with van der Waals surface area (Å²) in [6.45, 7) is 2.70. The number of benzene rings is 1. The van der Waals surface area contributed by atoms with Crippen molar-refractivity contribution in [2.45, 2.75) is 43.5 Å². The van der Waals surface area contributed by atoms with E-state index in [1.54, 1.807) is 7.11 Å². The van der Waals surface area contributed by atoms with E-state index in [4.69, 9.17) is 18.9 Å². The second-order valence-corrected chi connectivity index (χ2v) is 5.68. The van der Waals surface area contributed by atoms with Gasteiger partial charge in [0.2, 0.25) is 0 Å². The van der Waals surface area contributed by atoms with Crippen molar-refractivity contribution in [2.24, 2.45) is 0 Å². The monoisotopic (exact) mass is 294 g/mol. The summed E-state index contributed by atoms with van der Waals surface area (Å²) in [4.78, 5) is 0. The Labute approximate surface area is 124 Å². The van der Waals surface area contributed by atoms with Gasteiger partial charge in [-0.25, -0.2) is 0 Å². The molecule has 2 aliphatic rings. The summed E-state index contributed by atoms with van der Waals surface area (Å²) in [7, 11) is 1.65. The lowest BCUT2D eigenvalue weighted by molar-refractivity contribution is -0.212. The van der Waals surface area contributed by atoms with Gasteiger partial charge in [0.05, 0.1) is 25.9 Å². The molecular formula is C16H22O5. The average Bonchev–Trinajstić information content (AvgIpc) is 2.95. The van der Waals surface area contributed by atoms with E-state index in [1.807, 2.05) is 37.3 Å². The lowest BCUT2D eigenvalue weighted by Crippen LogP contribution is -2.53. The SMILES string of the molecule is CO[C@H]1[C@H]2OC(CO)[C@]1(COCc1ccccc1)O[C@H]2C. The first-order valence-electron chi connectivity index (χ1n) is 7.30. The Kier molecular flexibility index (Phi) is 4.28. The molecule has 2 heterocycles. The number of hydrogen-bond acceptors (Lipinski definition) is 5. The summed E-state index contributed by atoms with van der Waals surface area (Å²) >= 11 is 0. The molecule has 0 saturated carbocycles. The van der Waals surface area contributed by atoms with Crippen molar-refractivity contribution in [1.82, 2.24) is 0 Å². The standard InChI is InChI=1S/C16H22O5/c1-11-14-15(18-2)16(21-11,13(8-17)20-14)10-19-9-12-6-4-3-5-7-12/h3-7,11,13-15,17H,8-10H2,1-2H3/t11-,13?,14-,15-,16-/m0/s1. The van der Waals surface area contributed by atoms with Gasteiger partial charge < -0.3 is 24.1 Å². The topological polar surface area (TPSA) is 57.2 Å². The number of aliphatic hydroxyl groups is 1. The van der Waals surface area contributed by atoms with Crippen LogP contribution < -0.4 is 0 Å². The maximum atomic E-state index is 9.55. The fraction of sp³-hybridized carbons (Fsp3) is 0.625. The van der Waals surface area contributed by atoms with Crippen molar-refractivity contribution in [3.05, 3.63) is 35.9 Å². The summed E-state index contributed by atoms with van der Waals surface area (Å²) in [5.41, 5.74) is 0.382. The van der Waals surface area contributed by atoms with E-state index in [0.29, 0.717) is 13.2 Å². The zero-order valence-electron chi connectivity index (χ0n) is 12.4. The maximum Gasteiger partial charge on any atom is 0.149 e. The summed E-state index contributed by atoms with van der Waals surface area (Å²) in [5.74, 6) is 0. The predicted octanol–water partition coefficient (Wildman–Crippen LogP) is 1.14. The Bertz CT molecular complexity index is 465. The van der Waals surface area contributed by atoms with Crippen LogP contribution in [0, 0.1) is 0 Å². The molecule has 0 aliphatic carbocycles. The Morgan fingerprint density at radius 2 is 2.05 bits per heavy atom. The third-order valence-electron chi connectivity index (χ3n) is 4.37. The molecule has 1 unspecified atom stereocenters. The molecule has 1 aromatic carbocycles. The molecule has 3 rings (SSSR count). The minimum absolute atomic E-state index is 0.0573. The minimum atomic E-state index is -0.720. The van der Waals surface area contributed by atoms with Gasteiger partial charge in [-0.3, -0.25) is 0 Å². The predicted molar refractivity (Wildman–Crippen MR) is 75.9 cm³/mol. The van der Waals surface area contributed by atoms with Crippen molar-refractivity contribution in [3.8, 4) is 0 Å². The number of rotatable bonds is 6. The molecule has 0 aromatic heterocycles. The number of methoxy groups -OCH3 is 1. The van der Waals surface area contributed by atoms with Crippen LogP contribution in [0.2, 0.25) is 0 Å². The van der Waals surface area contributed by atoms with Gasteiger partial charge in [-0.1, -0.05) is 30.3 Å². The third kappa shape index (κ3) is 2.49. The number of ether oxygens (including phenoxy) is 4. The molecule has 0 spiro atoms. The molecule has 2 bridgehead atoms. The molecule has 5 atom stereocenters. The van der Waals surface area contributed by atoms with Crippen molar-refractivity contribution >= 4 is 0 Å². The van der Waals surface area contributed by atoms with Gasteiger partial charge in [0, 0.05) is 7.11 Å². The Balaban J connectivity index is 1.68. The molecule has 0 amide bonds. The normalized spacial score (nSPS) is 38.0. The lowest BCUT2D eigenvalue weighted by Gasteiger charge is -2.36. The molecule has 0 radical (unpaired) electrons. The quantitative estimate of drug-likeness (QED) is 0.852. The van der Waals surface area contributed by atoms with Crippen LogP contribution in [0.3, 0.4) is 0 Å². The highest BCUT2D eigenvalue weighted by atomic mass is 16.7. The first-order chi connectivity index (χ1) is 10.2. The van der Waals surface area contributed by atoms with E-state index in [1.165, 1.54) is 0 Å². The van der Waals surface area contributed by atoms with Gasteiger partial charge in [-0.2, -0.15) is 0 Å². The van der Waals surface area contributed by atoms with Gasteiger partial charge in [0.15, 0.2) is 0 Å². The van der Waals surface area contributed by atoms with Crippen LogP contribution in [-0.2, 0) is 25.6 Å². The molecule has 116 valence electrons. The van der Waals surface area contributed by atoms with Crippen molar-refractivity contribution in [2.75, 3.05) is 20.3 Å². The van der Waals surface area contributed by atoms with Crippen LogP contribution in [0.5, 0.6) is 0 Å². The zero-order valence-corrected chi connectivity index (χ0v) is 12.4. The highest BCUT2D eigenvalue weighted by Gasteiger charge is 2.66. The van der Waals surface area contributed by atoms with E-state index < -0.39 is 11.7 Å². The van der Waals surface area contributed by atoms with E-state index in [2.05, 4.69) is 0 Å². The Hall–Kier alpha value is -0.980. The molecule has 5 nitrogen and oxygen atoms in total. The van der Waals surface area contributed by atoms with Crippen molar-refractivity contribution in [3.63, 3.8) is 0 Å². The second kappa shape index (κ2) is 6.02. The zero-order chi connectivity index (χ0) is 14.9. The van der Waals surface area contributed by atoms with Gasteiger partial charge >= 0.3 is 0 Å². The summed E-state index contributed by atoms with van der Waals surface area (Å²) in [6.07, 6.45) is -0.814. The largest absolute Gasteiger partial charge is 0.394 e. The average molecular weight is 294 g/mol. The first-order valence-corrected chi connectivity index (χ1v) is 7.30. The molecule has 5 heteroatoms. The summed E-state index contributed by atoms with van der Waals surface area (Å²) < 4.78 is 23.3. The van der Waals surface area contributed by atoms with Gasteiger partial charge in [-0.05, 0) is 12.5 Å². The fourth-order valence-electron chi connectivity index (χ4n) is 3.39. The Morgan fingerprint density at radius 1 is 1.29 bits per heavy atom. The van der Waals surface area contributed by atoms with E-state index in [0.717, 1.165) is 5.56 Å². The molecule has 1 aromatic rings. The van der Waals surface area contributed by atoms with Crippen LogP contribution in [0.4, 0.5) is 0 Å². The lowest BCUT2D eigenvalue weighted by atomic mass is 9.93.